The maximum absolute atomic E-state index is 6.39. The Morgan fingerprint density at radius 3 is 2.48 bits per heavy atom. The fraction of sp³-hybridized carbons (Fsp3) is 0.250. The van der Waals surface area contributed by atoms with Gasteiger partial charge in [0, 0.05) is 15.6 Å². The van der Waals surface area contributed by atoms with E-state index in [0.29, 0.717) is 22.4 Å². The minimum Gasteiger partial charge on any atom is -0.492 e. The zero-order valence-corrected chi connectivity index (χ0v) is 16.3. The Labute approximate surface area is 151 Å². The molecule has 0 amide bonds. The maximum atomic E-state index is 6.39. The van der Waals surface area contributed by atoms with E-state index in [-0.39, 0.29) is 4.83 Å². The van der Waals surface area contributed by atoms with E-state index in [1.165, 1.54) is 5.56 Å². The summed E-state index contributed by atoms with van der Waals surface area (Å²) in [5.41, 5.74) is 3.25. The molecule has 112 valence electrons. The van der Waals surface area contributed by atoms with Gasteiger partial charge in [-0.25, -0.2) is 0 Å². The molecular weight excluding hydrogens is 439 g/mol. The van der Waals surface area contributed by atoms with Gasteiger partial charge < -0.3 is 4.74 Å². The third-order valence-electron chi connectivity index (χ3n) is 3.14. The summed E-state index contributed by atoms with van der Waals surface area (Å²) >= 11 is 19.9. The van der Waals surface area contributed by atoms with E-state index < -0.39 is 0 Å². The number of alkyl halides is 1. The van der Waals surface area contributed by atoms with Gasteiger partial charge in [-0.15, -0.1) is 0 Å². The van der Waals surface area contributed by atoms with Gasteiger partial charge in [-0.1, -0.05) is 61.1 Å². The van der Waals surface area contributed by atoms with Crippen LogP contribution in [0.15, 0.2) is 34.8 Å². The van der Waals surface area contributed by atoms with Crippen LogP contribution in [0.1, 0.15) is 28.4 Å². The molecule has 0 bridgehead atoms. The molecule has 0 aliphatic carbocycles. The average Bonchev–Trinajstić information content (AvgIpc) is 2.44. The lowest BCUT2D eigenvalue weighted by Crippen LogP contribution is -1.99. The van der Waals surface area contributed by atoms with Crippen molar-refractivity contribution in [3.63, 3.8) is 0 Å². The van der Waals surface area contributed by atoms with Crippen LogP contribution in [0.4, 0.5) is 0 Å². The largest absolute Gasteiger partial charge is 0.492 e. The second kappa shape index (κ2) is 7.36. The van der Waals surface area contributed by atoms with Gasteiger partial charge in [-0.3, -0.25) is 0 Å². The SMILES string of the molecule is CCOc1cc(Cl)c(C(Br)c2cc(Br)ccc2C)cc1Cl. The van der Waals surface area contributed by atoms with E-state index in [0.717, 1.165) is 15.6 Å². The molecule has 2 rings (SSSR count). The van der Waals surface area contributed by atoms with Crippen molar-refractivity contribution in [2.75, 3.05) is 6.61 Å². The van der Waals surface area contributed by atoms with Crippen LogP contribution >= 0.6 is 55.1 Å². The molecule has 2 aromatic rings. The highest BCUT2D eigenvalue weighted by atomic mass is 79.9. The Hall–Kier alpha value is -0.220. The number of rotatable bonds is 4. The summed E-state index contributed by atoms with van der Waals surface area (Å²) in [5, 5.41) is 1.19. The summed E-state index contributed by atoms with van der Waals surface area (Å²) in [7, 11) is 0. The van der Waals surface area contributed by atoms with Crippen molar-refractivity contribution in [2.45, 2.75) is 18.7 Å². The molecule has 0 radical (unpaired) electrons. The highest BCUT2D eigenvalue weighted by Crippen LogP contribution is 2.41. The predicted molar refractivity (Wildman–Crippen MR) is 97.3 cm³/mol. The van der Waals surface area contributed by atoms with Crippen LogP contribution in [0.5, 0.6) is 5.75 Å². The number of ether oxygens (including phenoxy) is 1. The summed E-state index contributed by atoms with van der Waals surface area (Å²) in [4.78, 5) is -0.0318. The Morgan fingerprint density at radius 2 is 1.81 bits per heavy atom. The molecule has 5 heteroatoms. The molecule has 0 aliphatic heterocycles. The van der Waals surface area contributed by atoms with Crippen molar-refractivity contribution in [3.8, 4) is 5.75 Å². The summed E-state index contributed by atoms with van der Waals surface area (Å²) < 4.78 is 6.49. The second-order valence-electron chi connectivity index (χ2n) is 4.60. The summed E-state index contributed by atoms with van der Waals surface area (Å²) in [5.74, 6) is 0.610. The Morgan fingerprint density at radius 1 is 1.10 bits per heavy atom. The lowest BCUT2D eigenvalue weighted by molar-refractivity contribution is 0.340. The first-order valence-electron chi connectivity index (χ1n) is 6.46. The minimum atomic E-state index is -0.0318. The lowest BCUT2D eigenvalue weighted by atomic mass is 10.0. The molecular formula is C16H14Br2Cl2O. The van der Waals surface area contributed by atoms with E-state index in [1.54, 1.807) is 6.07 Å². The van der Waals surface area contributed by atoms with Crippen LogP contribution in [0.3, 0.4) is 0 Å². The molecule has 0 spiro atoms. The van der Waals surface area contributed by atoms with Gasteiger partial charge in [0.1, 0.15) is 5.75 Å². The van der Waals surface area contributed by atoms with Crippen LogP contribution in [0, 0.1) is 6.92 Å². The van der Waals surface area contributed by atoms with Crippen LogP contribution in [-0.2, 0) is 0 Å². The summed E-state index contributed by atoms with van der Waals surface area (Å²) in [6.07, 6.45) is 0. The molecule has 0 aromatic heterocycles. The number of hydrogen-bond donors (Lipinski definition) is 0. The zero-order chi connectivity index (χ0) is 15.6. The maximum Gasteiger partial charge on any atom is 0.139 e. The fourth-order valence-electron chi connectivity index (χ4n) is 2.06. The molecule has 1 atom stereocenters. The van der Waals surface area contributed by atoms with Crippen molar-refractivity contribution in [2.24, 2.45) is 0 Å². The van der Waals surface area contributed by atoms with Gasteiger partial charge in [0.15, 0.2) is 0 Å². The smallest absolute Gasteiger partial charge is 0.139 e. The number of aryl methyl sites for hydroxylation is 1. The standard InChI is InChI=1S/C16H14Br2Cl2O/c1-3-21-15-8-13(19)12(7-14(15)20)16(18)11-6-10(17)5-4-9(11)2/h4-8,16H,3H2,1-2H3. The molecule has 21 heavy (non-hydrogen) atoms. The summed E-state index contributed by atoms with van der Waals surface area (Å²) in [6.45, 7) is 4.54. The van der Waals surface area contributed by atoms with Crippen LogP contribution in [-0.4, -0.2) is 6.61 Å². The third kappa shape index (κ3) is 3.95. The molecule has 0 N–H and O–H groups in total. The number of benzene rings is 2. The minimum absolute atomic E-state index is 0.0318. The van der Waals surface area contributed by atoms with E-state index in [9.17, 15) is 0 Å². The Balaban J connectivity index is 2.46. The lowest BCUT2D eigenvalue weighted by Gasteiger charge is -2.17. The van der Waals surface area contributed by atoms with E-state index in [2.05, 4.69) is 50.9 Å². The molecule has 0 saturated heterocycles. The zero-order valence-electron chi connectivity index (χ0n) is 11.6. The van der Waals surface area contributed by atoms with Crippen molar-refractivity contribution in [1.82, 2.24) is 0 Å². The molecule has 0 saturated carbocycles. The molecule has 0 aliphatic rings. The molecule has 1 nitrogen and oxygen atoms in total. The van der Waals surface area contributed by atoms with Crippen molar-refractivity contribution >= 4 is 55.1 Å². The highest BCUT2D eigenvalue weighted by molar-refractivity contribution is 9.10. The van der Waals surface area contributed by atoms with Crippen molar-refractivity contribution in [3.05, 3.63) is 61.5 Å². The van der Waals surface area contributed by atoms with Gasteiger partial charge in [-0.05, 0) is 48.7 Å². The molecule has 0 fully saturated rings. The van der Waals surface area contributed by atoms with Crippen molar-refractivity contribution < 1.29 is 4.74 Å². The van der Waals surface area contributed by atoms with E-state index >= 15 is 0 Å². The van der Waals surface area contributed by atoms with E-state index in [1.807, 2.05) is 19.1 Å². The molecule has 0 heterocycles. The molecule has 2 aromatic carbocycles. The van der Waals surface area contributed by atoms with Crippen LogP contribution < -0.4 is 4.74 Å². The Kier molecular flexibility index (Phi) is 6.01. The fourth-order valence-corrected chi connectivity index (χ4v) is 3.93. The monoisotopic (exact) mass is 450 g/mol. The van der Waals surface area contributed by atoms with Gasteiger partial charge in [0.25, 0.3) is 0 Å². The second-order valence-corrected chi connectivity index (χ2v) is 7.25. The quantitative estimate of drug-likeness (QED) is 0.456. The normalized spacial score (nSPS) is 12.3. The van der Waals surface area contributed by atoms with Crippen LogP contribution in [0.25, 0.3) is 0 Å². The number of hydrogen-bond acceptors (Lipinski definition) is 1. The topological polar surface area (TPSA) is 9.23 Å². The van der Waals surface area contributed by atoms with Gasteiger partial charge in [-0.2, -0.15) is 0 Å². The first-order chi connectivity index (χ1) is 9.93. The first kappa shape index (κ1) is 17.1. The highest BCUT2D eigenvalue weighted by Gasteiger charge is 2.18. The first-order valence-corrected chi connectivity index (χ1v) is 8.92. The van der Waals surface area contributed by atoms with Gasteiger partial charge in [0.2, 0.25) is 0 Å². The van der Waals surface area contributed by atoms with Crippen LogP contribution in [0.2, 0.25) is 10.0 Å². The van der Waals surface area contributed by atoms with Gasteiger partial charge >= 0.3 is 0 Å². The predicted octanol–water partition coefficient (Wildman–Crippen LogP) is 6.95. The van der Waals surface area contributed by atoms with Gasteiger partial charge in [0.05, 0.1) is 16.5 Å². The summed E-state index contributed by atoms with van der Waals surface area (Å²) in [6, 6.07) is 9.79. The third-order valence-corrected chi connectivity index (χ3v) is 5.24. The molecule has 1 unspecified atom stereocenters. The average molecular weight is 453 g/mol. The van der Waals surface area contributed by atoms with E-state index in [4.69, 9.17) is 27.9 Å². The number of halogens is 4. The Bertz CT molecular complexity index is 659. The van der Waals surface area contributed by atoms with Crippen molar-refractivity contribution in [1.29, 1.82) is 0 Å².